The van der Waals surface area contributed by atoms with Crippen LogP contribution in [0.25, 0.3) is 5.65 Å². The van der Waals surface area contributed by atoms with Crippen LogP contribution in [-0.4, -0.2) is 20.6 Å². The van der Waals surface area contributed by atoms with Crippen molar-refractivity contribution in [1.82, 2.24) is 14.6 Å². The fourth-order valence-electron chi connectivity index (χ4n) is 3.12. The lowest BCUT2D eigenvalue weighted by Crippen LogP contribution is -2.20. The van der Waals surface area contributed by atoms with E-state index >= 15 is 0 Å². The van der Waals surface area contributed by atoms with E-state index in [1.54, 1.807) is 10.7 Å². The molecule has 0 saturated carbocycles. The Kier molecular flexibility index (Phi) is 3.58. The molecule has 0 fully saturated rings. The van der Waals surface area contributed by atoms with Crippen molar-refractivity contribution in [2.45, 2.75) is 31.7 Å². The van der Waals surface area contributed by atoms with Crippen molar-refractivity contribution in [1.29, 1.82) is 0 Å². The minimum Gasteiger partial charge on any atom is -0.367 e. The summed E-state index contributed by atoms with van der Waals surface area (Å²) in [4.78, 5) is 4.65. The van der Waals surface area contributed by atoms with E-state index in [0.717, 1.165) is 41.6 Å². The Labute approximate surface area is 137 Å². The smallest absolute Gasteiger partial charge is 0.171 e. The molecule has 0 spiro atoms. The van der Waals surface area contributed by atoms with Gasteiger partial charge in [-0.05, 0) is 58.8 Å². The Balaban J connectivity index is 1.52. The molecule has 4 rings (SSSR count). The van der Waals surface area contributed by atoms with Crippen LogP contribution >= 0.6 is 15.9 Å². The fourth-order valence-corrected chi connectivity index (χ4v) is 3.49. The molecule has 0 saturated heterocycles. The molecule has 0 atom stereocenters. The molecule has 5 heteroatoms. The number of hydrogen-bond donors (Lipinski definition) is 1. The first kappa shape index (κ1) is 13.8. The quantitative estimate of drug-likeness (QED) is 0.709. The monoisotopic (exact) mass is 356 g/mol. The highest BCUT2D eigenvalue weighted by molar-refractivity contribution is 9.10. The molecule has 0 amide bonds. The molecule has 1 aliphatic rings. The average Bonchev–Trinajstić information content (AvgIpc) is 2.79. The first-order chi connectivity index (χ1) is 10.8. The molecule has 0 radical (unpaired) electrons. The lowest BCUT2D eigenvalue weighted by atomic mass is 10.0. The molecule has 4 nitrogen and oxygen atoms in total. The number of nitrogens with zero attached hydrogens (tertiary/aromatic N) is 3. The highest BCUT2D eigenvalue weighted by atomic mass is 79.9. The Morgan fingerprint density at radius 1 is 1.09 bits per heavy atom. The highest BCUT2D eigenvalue weighted by Crippen LogP contribution is 2.23. The van der Waals surface area contributed by atoms with Crippen molar-refractivity contribution >= 4 is 27.4 Å². The summed E-state index contributed by atoms with van der Waals surface area (Å²) in [6.45, 7) is 0. The molecule has 2 heterocycles. The lowest BCUT2D eigenvalue weighted by Gasteiger charge is -2.16. The van der Waals surface area contributed by atoms with Crippen molar-refractivity contribution in [3.05, 3.63) is 58.3 Å². The number of halogens is 1. The van der Waals surface area contributed by atoms with Gasteiger partial charge >= 0.3 is 0 Å². The second-order valence-electron chi connectivity index (χ2n) is 5.76. The first-order valence-corrected chi connectivity index (χ1v) is 8.42. The molecular formula is C17H17BrN4. The Morgan fingerprint density at radius 2 is 1.82 bits per heavy atom. The van der Waals surface area contributed by atoms with Gasteiger partial charge in [0.25, 0.3) is 0 Å². The minimum atomic E-state index is 0.462. The van der Waals surface area contributed by atoms with Crippen LogP contribution in [0.5, 0.6) is 0 Å². The van der Waals surface area contributed by atoms with Crippen LogP contribution in [0.4, 0.5) is 5.82 Å². The van der Waals surface area contributed by atoms with E-state index < -0.39 is 0 Å². The molecule has 3 aromatic rings. The average molecular weight is 357 g/mol. The summed E-state index contributed by atoms with van der Waals surface area (Å²) < 4.78 is 2.70. The zero-order valence-electron chi connectivity index (χ0n) is 12.2. The SMILES string of the molecule is Brc1cnn2ccc(NC3CCc4ccccc4CC3)nc12. The van der Waals surface area contributed by atoms with Crippen LogP contribution in [0, 0.1) is 0 Å². The molecule has 1 N–H and O–H groups in total. The summed E-state index contributed by atoms with van der Waals surface area (Å²) in [6.07, 6.45) is 8.27. The van der Waals surface area contributed by atoms with Crippen molar-refractivity contribution < 1.29 is 0 Å². The number of benzene rings is 1. The summed E-state index contributed by atoms with van der Waals surface area (Å²) in [7, 11) is 0. The van der Waals surface area contributed by atoms with E-state index in [1.807, 2.05) is 12.3 Å². The topological polar surface area (TPSA) is 42.2 Å². The zero-order chi connectivity index (χ0) is 14.9. The van der Waals surface area contributed by atoms with Gasteiger partial charge in [-0.1, -0.05) is 24.3 Å². The predicted octanol–water partition coefficient (Wildman–Crippen LogP) is 3.85. The normalized spacial score (nSPS) is 15.5. The maximum absolute atomic E-state index is 4.65. The summed E-state index contributed by atoms with van der Waals surface area (Å²) >= 11 is 3.48. The molecule has 22 heavy (non-hydrogen) atoms. The van der Waals surface area contributed by atoms with Crippen LogP contribution in [-0.2, 0) is 12.8 Å². The molecule has 0 aliphatic heterocycles. The van der Waals surface area contributed by atoms with Crippen LogP contribution in [0.2, 0.25) is 0 Å². The number of nitrogens with one attached hydrogen (secondary N) is 1. The van der Waals surface area contributed by atoms with Crippen LogP contribution < -0.4 is 5.32 Å². The number of fused-ring (bicyclic) bond motifs is 2. The van der Waals surface area contributed by atoms with Gasteiger partial charge in [0, 0.05) is 12.2 Å². The number of rotatable bonds is 2. The van der Waals surface area contributed by atoms with Gasteiger partial charge in [-0.3, -0.25) is 0 Å². The predicted molar refractivity (Wildman–Crippen MR) is 91.2 cm³/mol. The maximum atomic E-state index is 4.65. The van der Waals surface area contributed by atoms with Crippen molar-refractivity contribution in [2.75, 3.05) is 5.32 Å². The lowest BCUT2D eigenvalue weighted by molar-refractivity contribution is 0.624. The summed E-state index contributed by atoms with van der Waals surface area (Å²) in [5.41, 5.74) is 3.84. The summed E-state index contributed by atoms with van der Waals surface area (Å²) in [6, 6.07) is 11.2. The van der Waals surface area contributed by atoms with E-state index in [1.165, 1.54) is 11.1 Å². The van der Waals surface area contributed by atoms with Crippen molar-refractivity contribution in [3.63, 3.8) is 0 Å². The number of hydrogen-bond acceptors (Lipinski definition) is 3. The van der Waals surface area contributed by atoms with Gasteiger partial charge in [-0.15, -0.1) is 0 Å². The number of aryl methyl sites for hydroxylation is 2. The molecule has 112 valence electrons. The maximum Gasteiger partial charge on any atom is 0.171 e. The second kappa shape index (κ2) is 5.72. The van der Waals surface area contributed by atoms with E-state index in [0.29, 0.717) is 6.04 Å². The Morgan fingerprint density at radius 3 is 2.55 bits per heavy atom. The fraction of sp³-hybridized carbons (Fsp3) is 0.294. The molecular weight excluding hydrogens is 340 g/mol. The van der Waals surface area contributed by atoms with Gasteiger partial charge in [-0.2, -0.15) is 5.10 Å². The van der Waals surface area contributed by atoms with E-state index in [2.05, 4.69) is 55.6 Å². The number of aromatic nitrogens is 3. The zero-order valence-corrected chi connectivity index (χ0v) is 13.8. The van der Waals surface area contributed by atoms with E-state index in [-0.39, 0.29) is 0 Å². The van der Waals surface area contributed by atoms with Crippen molar-refractivity contribution in [3.8, 4) is 0 Å². The molecule has 0 bridgehead atoms. The molecule has 2 aromatic heterocycles. The van der Waals surface area contributed by atoms with E-state index in [9.17, 15) is 0 Å². The van der Waals surface area contributed by atoms with Gasteiger partial charge in [0.05, 0.1) is 10.7 Å². The largest absolute Gasteiger partial charge is 0.367 e. The third-order valence-electron chi connectivity index (χ3n) is 4.32. The number of anilines is 1. The van der Waals surface area contributed by atoms with Crippen LogP contribution in [0.15, 0.2) is 47.2 Å². The van der Waals surface area contributed by atoms with E-state index in [4.69, 9.17) is 0 Å². The standard InChI is InChI=1S/C17H17BrN4/c18-15-11-19-22-10-9-16(21-17(15)22)20-14-7-5-12-3-1-2-4-13(12)6-8-14/h1-4,9-11,14H,5-8H2,(H,20,21). The van der Waals surface area contributed by atoms with Gasteiger partial charge < -0.3 is 5.32 Å². The third kappa shape index (κ3) is 2.61. The molecule has 1 aromatic carbocycles. The van der Waals surface area contributed by atoms with Gasteiger partial charge in [-0.25, -0.2) is 9.50 Å². The Hall–Kier alpha value is -1.88. The van der Waals surface area contributed by atoms with Crippen LogP contribution in [0.1, 0.15) is 24.0 Å². The summed E-state index contributed by atoms with van der Waals surface area (Å²) in [5.74, 6) is 0.921. The highest BCUT2D eigenvalue weighted by Gasteiger charge is 2.16. The third-order valence-corrected chi connectivity index (χ3v) is 4.88. The molecule has 0 unspecified atom stereocenters. The molecule has 1 aliphatic carbocycles. The van der Waals surface area contributed by atoms with Gasteiger partial charge in [0.15, 0.2) is 5.65 Å². The first-order valence-electron chi connectivity index (χ1n) is 7.63. The van der Waals surface area contributed by atoms with Gasteiger partial charge in [0.2, 0.25) is 0 Å². The van der Waals surface area contributed by atoms with Crippen molar-refractivity contribution in [2.24, 2.45) is 0 Å². The Bertz CT molecular complexity index is 784. The van der Waals surface area contributed by atoms with Crippen LogP contribution in [0.3, 0.4) is 0 Å². The summed E-state index contributed by atoms with van der Waals surface area (Å²) in [5, 5.41) is 7.82. The second-order valence-corrected chi connectivity index (χ2v) is 6.62. The van der Waals surface area contributed by atoms with Gasteiger partial charge in [0.1, 0.15) is 5.82 Å². The minimum absolute atomic E-state index is 0.462.